The number of nitrogens with one attached hydrogen (secondary N) is 2. The van der Waals surface area contributed by atoms with E-state index in [1.807, 2.05) is 31.2 Å². The van der Waals surface area contributed by atoms with Crippen molar-refractivity contribution in [2.75, 3.05) is 19.6 Å². The van der Waals surface area contributed by atoms with Crippen LogP contribution in [0.1, 0.15) is 21.5 Å². The predicted octanol–water partition coefficient (Wildman–Crippen LogP) is 2.72. The smallest absolute Gasteiger partial charge is 0.293 e. The van der Waals surface area contributed by atoms with Crippen LogP contribution in [-0.2, 0) is 9.59 Å². The van der Waals surface area contributed by atoms with Crippen molar-refractivity contribution in [3.63, 3.8) is 0 Å². The average Bonchev–Trinajstić information content (AvgIpc) is 3.01. The highest BCUT2D eigenvalue weighted by Gasteiger charge is 2.34. The molecule has 0 atom stereocenters. The van der Waals surface area contributed by atoms with E-state index in [0.717, 1.165) is 33.9 Å². The molecule has 31 heavy (non-hydrogen) atoms. The molecule has 1 saturated heterocycles. The third kappa shape index (κ3) is 6.02. The predicted molar refractivity (Wildman–Crippen MR) is 116 cm³/mol. The quantitative estimate of drug-likeness (QED) is 0.645. The van der Waals surface area contributed by atoms with Crippen molar-refractivity contribution in [1.29, 1.82) is 0 Å². The molecule has 0 spiro atoms. The highest BCUT2D eigenvalue weighted by molar-refractivity contribution is 8.18. The van der Waals surface area contributed by atoms with E-state index in [1.165, 1.54) is 18.2 Å². The number of carbonyl (C=O) groups is 4. The van der Waals surface area contributed by atoms with Gasteiger partial charge in [-0.15, -0.1) is 0 Å². The fourth-order valence-electron chi connectivity index (χ4n) is 2.77. The Hall–Kier alpha value is -3.46. The van der Waals surface area contributed by atoms with Gasteiger partial charge in [-0.25, -0.2) is 4.39 Å². The first-order chi connectivity index (χ1) is 14.8. The Kier molecular flexibility index (Phi) is 7.19. The summed E-state index contributed by atoms with van der Waals surface area (Å²) in [6.07, 6.45) is 1.66. The van der Waals surface area contributed by atoms with Crippen LogP contribution >= 0.6 is 11.8 Å². The van der Waals surface area contributed by atoms with E-state index in [-0.39, 0.29) is 25.2 Å². The van der Waals surface area contributed by atoms with Gasteiger partial charge < -0.3 is 10.6 Å². The molecule has 4 amide bonds. The van der Waals surface area contributed by atoms with Gasteiger partial charge in [0.1, 0.15) is 5.82 Å². The summed E-state index contributed by atoms with van der Waals surface area (Å²) < 4.78 is 13.1. The van der Waals surface area contributed by atoms with Gasteiger partial charge in [0, 0.05) is 18.7 Å². The Morgan fingerprint density at radius 1 is 1.10 bits per heavy atom. The zero-order valence-corrected chi connectivity index (χ0v) is 17.5. The van der Waals surface area contributed by atoms with E-state index < -0.39 is 28.8 Å². The number of aryl methyl sites for hydroxylation is 1. The summed E-state index contributed by atoms with van der Waals surface area (Å²) >= 11 is 0.851. The van der Waals surface area contributed by atoms with Gasteiger partial charge in [0.25, 0.3) is 17.1 Å². The number of imide groups is 1. The second-order valence-electron chi connectivity index (χ2n) is 6.79. The minimum atomic E-state index is -0.582. The fraction of sp³-hybridized carbons (Fsp3) is 0.182. The van der Waals surface area contributed by atoms with Crippen molar-refractivity contribution >= 4 is 40.8 Å². The summed E-state index contributed by atoms with van der Waals surface area (Å²) in [4.78, 5) is 49.8. The van der Waals surface area contributed by atoms with Crippen LogP contribution in [0.5, 0.6) is 0 Å². The molecule has 2 aromatic rings. The maximum absolute atomic E-state index is 13.1. The van der Waals surface area contributed by atoms with E-state index in [2.05, 4.69) is 10.6 Å². The Bertz CT molecular complexity index is 1050. The fourth-order valence-corrected chi connectivity index (χ4v) is 3.63. The molecule has 1 aliphatic heterocycles. The first kappa shape index (κ1) is 22.2. The van der Waals surface area contributed by atoms with Crippen molar-refractivity contribution in [3.05, 3.63) is 75.9 Å². The zero-order valence-electron chi connectivity index (χ0n) is 16.7. The minimum Gasteiger partial charge on any atom is -0.353 e. The second-order valence-corrected chi connectivity index (χ2v) is 7.78. The molecule has 160 valence electrons. The van der Waals surface area contributed by atoms with Crippen LogP contribution in [0.3, 0.4) is 0 Å². The molecule has 0 aliphatic carbocycles. The Labute approximate surface area is 182 Å². The van der Waals surface area contributed by atoms with Gasteiger partial charge in [0.2, 0.25) is 5.91 Å². The molecule has 9 heteroatoms. The lowest BCUT2D eigenvalue weighted by molar-refractivity contribution is -0.124. The molecule has 3 rings (SSSR count). The number of thioether (sulfide) groups is 1. The first-order valence-electron chi connectivity index (χ1n) is 9.46. The lowest BCUT2D eigenvalue weighted by Gasteiger charge is -2.13. The summed E-state index contributed by atoms with van der Waals surface area (Å²) in [6.45, 7) is 1.70. The summed E-state index contributed by atoms with van der Waals surface area (Å²) in [6, 6.07) is 12.7. The molecular weight excluding hydrogens is 421 g/mol. The molecule has 0 bridgehead atoms. The zero-order chi connectivity index (χ0) is 22.4. The number of hydrogen-bond acceptors (Lipinski definition) is 5. The summed E-state index contributed by atoms with van der Waals surface area (Å²) in [5.74, 6) is -2.04. The van der Waals surface area contributed by atoms with Crippen molar-refractivity contribution < 1.29 is 23.6 Å². The number of rotatable bonds is 7. The monoisotopic (exact) mass is 441 g/mol. The van der Waals surface area contributed by atoms with Crippen LogP contribution in [0.15, 0.2) is 53.4 Å². The van der Waals surface area contributed by atoms with Gasteiger partial charge in [-0.3, -0.25) is 24.1 Å². The Balaban J connectivity index is 1.46. The summed E-state index contributed by atoms with van der Waals surface area (Å²) in [5.41, 5.74) is 2.01. The molecule has 0 unspecified atom stereocenters. The van der Waals surface area contributed by atoms with Crippen LogP contribution in [0.2, 0.25) is 0 Å². The number of benzene rings is 2. The standard InChI is InChI=1S/C22H20FN3O4S/c1-14-5-7-15(8-6-14)11-18-21(29)26(22(30)31-18)10-9-24-19(27)13-25-20(28)16-3-2-4-17(23)12-16/h2-8,11-12H,9-10,13H2,1H3,(H,24,27)(H,25,28)/b18-11-. The van der Waals surface area contributed by atoms with Gasteiger partial charge in [0.15, 0.2) is 0 Å². The van der Waals surface area contributed by atoms with Gasteiger partial charge in [0.05, 0.1) is 11.4 Å². The van der Waals surface area contributed by atoms with E-state index >= 15 is 0 Å². The van der Waals surface area contributed by atoms with Crippen LogP contribution < -0.4 is 10.6 Å². The molecule has 0 radical (unpaired) electrons. The number of hydrogen-bond donors (Lipinski definition) is 2. The van der Waals surface area contributed by atoms with Crippen molar-refractivity contribution in [3.8, 4) is 0 Å². The largest absolute Gasteiger partial charge is 0.353 e. The highest BCUT2D eigenvalue weighted by atomic mass is 32.2. The average molecular weight is 441 g/mol. The summed E-state index contributed by atoms with van der Waals surface area (Å²) in [5, 5.41) is 4.51. The first-order valence-corrected chi connectivity index (χ1v) is 10.3. The number of halogens is 1. The molecule has 0 aromatic heterocycles. The lowest BCUT2D eigenvalue weighted by atomic mass is 10.1. The van der Waals surface area contributed by atoms with Crippen molar-refractivity contribution in [2.45, 2.75) is 6.92 Å². The van der Waals surface area contributed by atoms with E-state index in [4.69, 9.17) is 0 Å². The normalized spacial score (nSPS) is 14.8. The number of carbonyl (C=O) groups excluding carboxylic acids is 4. The third-order valence-corrected chi connectivity index (χ3v) is 5.31. The molecule has 1 aliphatic rings. The molecule has 2 aromatic carbocycles. The number of nitrogens with zero attached hydrogens (tertiary/aromatic N) is 1. The summed E-state index contributed by atoms with van der Waals surface area (Å²) in [7, 11) is 0. The lowest BCUT2D eigenvalue weighted by Crippen LogP contribution is -2.41. The maximum Gasteiger partial charge on any atom is 0.293 e. The van der Waals surface area contributed by atoms with E-state index in [1.54, 1.807) is 6.08 Å². The van der Waals surface area contributed by atoms with Crippen molar-refractivity contribution in [2.24, 2.45) is 0 Å². The SMILES string of the molecule is Cc1ccc(/C=C2\SC(=O)N(CCNC(=O)CNC(=O)c3cccc(F)c3)C2=O)cc1. The van der Waals surface area contributed by atoms with E-state index in [0.29, 0.717) is 4.91 Å². The van der Waals surface area contributed by atoms with Crippen LogP contribution in [-0.4, -0.2) is 47.5 Å². The van der Waals surface area contributed by atoms with Crippen LogP contribution in [0.25, 0.3) is 6.08 Å². The number of amides is 4. The van der Waals surface area contributed by atoms with Crippen LogP contribution in [0.4, 0.5) is 9.18 Å². The molecule has 2 N–H and O–H groups in total. The Morgan fingerprint density at radius 3 is 2.55 bits per heavy atom. The highest BCUT2D eigenvalue weighted by Crippen LogP contribution is 2.31. The maximum atomic E-state index is 13.1. The van der Waals surface area contributed by atoms with E-state index in [9.17, 15) is 23.6 Å². The topological polar surface area (TPSA) is 95.6 Å². The van der Waals surface area contributed by atoms with Crippen LogP contribution in [0, 0.1) is 12.7 Å². The molecule has 0 saturated carbocycles. The Morgan fingerprint density at radius 2 is 1.84 bits per heavy atom. The molecule has 7 nitrogen and oxygen atoms in total. The van der Waals surface area contributed by atoms with Gasteiger partial charge in [-0.05, 0) is 48.5 Å². The van der Waals surface area contributed by atoms with Gasteiger partial charge in [-0.1, -0.05) is 35.9 Å². The molecule has 1 heterocycles. The minimum absolute atomic E-state index is 0.0134. The van der Waals surface area contributed by atoms with Crippen molar-refractivity contribution in [1.82, 2.24) is 15.5 Å². The van der Waals surface area contributed by atoms with Gasteiger partial charge in [-0.2, -0.15) is 0 Å². The third-order valence-electron chi connectivity index (χ3n) is 4.40. The van der Waals surface area contributed by atoms with Gasteiger partial charge >= 0.3 is 0 Å². The molecule has 1 fully saturated rings. The molecular formula is C22H20FN3O4S. The second kappa shape index (κ2) is 10.0.